The molecule has 3 heteroatoms. The van der Waals surface area contributed by atoms with Crippen molar-refractivity contribution in [3.8, 4) is 0 Å². The van der Waals surface area contributed by atoms with Crippen LogP contribution in [0.5, 0.6) is 0 Å². The van der Waals surface area contributed by atoms with E-state index in [1.807, 2.05) is 13.0 Å². The number of benzene rings is 1. The Balaban J connectivity index is 2.73. The molecule has 1 aromatic carbocycles. The van der Waals surface area contributed by atoms with Gasteiger partial charge >= 0.3 is 0 Å². The first-order valence-corrected chi connectivity index (χ1v) is 5.38. The minimum atomic E-state index is -0.151. The minimum Gasteiger partial charge on any atom is -0.391 e. The maximum Gasteiger partial charge on any atom is 0.127 e. The van der Waals surface area contributed by atoms with Crippen LogP contribution in [-0.2, 0) is 13.0 Å². The summed E-state index contributed by atoms with van der Waals surface area (Å²) in [6.07, 6.45) is 0.685. The summed E-state index contributed by atoms with van der Waals surface area (Å²) in [4.78, 5) is 0.889. The zero-order chi connectivity index (χ0) is 10.1. The first-order chi connectivity index (χ1) is 6.76. The van der Waals surface area contributed by atoms with Gasteiger partial charge < -0.3 is 5.11 Å². The molecule has 2 aromatic rings. The number of hydrogen-bond donors (Lipinski definition) is 1. The van der Waals surface area contributed by atoms with Gasteiger partial charge in [-0.3, -0.25) is 0 Å². The van der Waals surface area contributed by atoms with Crippen molar-refractivity contribution in [1.29, 1.82) is 0 Å². The first kappa shape index (κ1) is 9.62. The third kappa shape index (κ3) is 1.42. The third-order valence-electron chi connectivity index (χ3n) is 2.32. The SMILES string of the molecule is CCc1c(F)ccc2sc(CO)cc12. The number of aliphatic hydroxyl groups excluding tert-OH is 1. The lowest BCUT2D eigenvalue weighted by molar-refractivity contribution is 0.285. The van der Waals surface area contributed by atoms with Gasteiger partial charge in [0, 0.05) is 9.58 Å². The molecule has 0 saturated heterocycles. The number of aliphatic hydroxyl groups is 1. The topological polar surface area (TPSA) is 20.2 Å². The van der Waals surface area contributed by atoms with Gasteiger partial charge in [-0.2, -0.15) is 0 Å². The Labute approximate surface area is 85.8 Å². The molecule has 74 valence electrons. The summed E-state index contributed by atoms with van der Waals surface area (Å²) in [6.45, 7) is 1.97. The Morgan fingerprint density at radius 1 is 1.43 bits per heavy atom. The molecule has 1 N–H and O–H groups in total. The fourth-order valence-electron chi connectivity index (χ4n) is 1.63. The zero-order valence-corrected chi connectivity index (χ0v) is 8.70. The Bertz CT molecular complexity index is 462. The predicted molar refractivity (Wildman–Crippen MR) is 57.1 cm³/mol. The van der Waals surface area contributed by atoms with Crippen LogP contribution in [0.15, 0.2) is 18.2 Å². The number of halogens is 1. The second-order valence-electron chi connectivity index (χ2n) is 3.16. The van der Waals surface area contributed by atoms with Crippen LogP contribution in [0.25, 0.3) is 10.1 Å². The average Bonchev–Trinajstić information content (AvgIpc) is 2.60. The Kier molecular flexibility index (Phi) is 2.52. The van der Waals surface area contributed by atoms with Gasteiger partial charge in [-0.25, -0.2) is 4.39 Å². The summed E-state index contributed by atoms with van der Waals surface area (Å²) < 4.78 is 14.4. The maximum atomic E-state index is 13.4. The summed E-state index contributed by atoms with van der Waals surface area (Å²) in [6, 6.07) is 5.15. The summed E-state index contributed by atoms with van der Waals surface area (Å²) in [7, 11) is 0. The van der Waals surface area contributed by atoms with Gasteiger partial charge in [0.1, 0.15) is 5.82 Å². The van der Waals surface area contributed by atoms with Crippen molar-refractivity contribution in [2.45, 2.75) is 20.0 Å². The largest absolute Gasteiger partial charge is 0.391 e. The van der Waals surface area contributed by atoms with Crippen LogP contribution in [-0.4, -0.2) is 5.11 Å². The monoisotopic (exact) mass is 210 g/mol. The molecule has 0 aliphatic heterocycles. The summed E-state index contributed by atoms with van der Waals surface area (Å²) in [5, 5.41) is 9.93. The van der Waals surface area contributed by atoms with Gasteiger partial charge in [-0.1, -0.05) is 6.92 Å². The van der Waals surface area contributed by atoms with Gasteiger partial charge in [-0.15, -0.1) is 11.3 Å². The number of aryl methyl sites for hydroxylation is 1. The van der Waals surface area contributed by atoms with Crippen molar-refractivity contribution in [3.05, 3.63) is 34.5 Å². The number of thiophene rings is 1. The van der Waals surface area contributed by atoms with Crippen LogP contribution in [0.2, 0.25) is 0 Å². The van der Waals surface area contributed by atoms with Gasteiger partial charge in [0.15, 0.2) is 0 Å². The maximum absolute atomic E-state index is 13.4. The van der Waals surface area contributed by atoms with Crippen LogP contribution in [0, 0.1) is 5.82 Å². The van der Waals surface area contributed by atoms with E-state index in [0.29, 0.717) is 6.42 Å². The summed E-state index contributed by atoms with van der Waals surface area (Å²) in [5.41, 5.74) is 0.749. The molecular weight excluding hydrogens is 199 g/mol. The van der Waals surface area contributed by atoms with Crippen molar-refractivity contribution in [2.75, 3.05) is 0 Å². The van der Waals surface area contributed by atoms with Crippen LogP contribution in [0.4, 0.5) is 4.39 Å². The molecule has 0 aliphatic rings. The van der Waals surface area contributed by atoms with E-state index in [0.717, 1.165) is 20.5 Å². The Hall–Kier alpha value is -0.930. The van der Waals surface area contributed by atoms with Gasteiger partial charge in [-0.05, 0) is 35.6 Å². The van der Waals surface area contributed by atoms with Crippen LogP contribution in [0.1, 0.15) is 17.4 Å². The normalized spacial score (nSPS) is 11.1. The lowest BCUT2D eigenvalue weighted by atomic mass is 10.1. The second kappa shape index (κ2) is 3.67. The third-order valence-corrected chi connectivity index (χ3v) is 3.40. The van der Waals surface area contributed by atoms with E-state index in [2.05, 4.69) is 0 Å². The predicted octanol–water partition coefficient (Wildman–Crippen LogP) is 3.10. The van der Waals surface area contributed by atoms with Crippen LogP contribution >= 0.6 is 11.3 Å². The van der Waals surface area contributed by atoms with E-state index in [1.165, 1.54) is 17.4 Å². The second-order valence-corrected chi connectivity index (χ2v) is 4.33. The number of hydrogen-bond acceptors (Lipinski definition) is 2. The van der Waals surface area contributed by atoms with Crippen molar-refractivity contribution in [3.63, 3.8) is 0 Å². The Morgan fingerprint density at radius 3 is 2.86 bits per heavy atom. The minimum absolute atomic E-state index is 0.0319. The lowest BCUT2D eigenvalue weighted by Gasteiger charge is -2.00. The summed E-state index contributed by atoms with van der Waals surface area (Å²) in [5.74, 6) is -0.151. The highest BCUT2D eigenvalue weighted by atomic mass is 32.1. The average molecular weight is 210 g/mol. The molecule has 1 aromatic heterocycles. The molecule has 1 nitrogen and oxygen atoms in total. The molecule has 0 amide bonds. The smallest absolute Gasteiger partial charge is 0.127 e. The molecule has 0 fully saturated rings. The van der Waals surface area contributed by atoms with Gasteiger partial charge in [0.05, 0.1) is 6.61 Å². The van der Waals surface area contributed by atoms with E-state index in [1.54, 1.807) is 6.07 Å². The van der Waals surface area contributed by atoms with Crippen molar-refractivity contribution in [2.24, 2.45) is 0 Å². The van der Waals surface area contributed by atoms with E-state index in [4.69, 9.17) is 5.11 Å². The summed E-state index contributed by atoms with van der Waals surface area (Å²) >= 11 is 1.52. The van der Waals surface area contributed by atoms with E-state index < -0.39 is 0 Å². The fraction of sp³-hybridized carbons (Fsp3) is 0.273. The molecule has 0 atom stereocenters. The molecule has 0 radical (unpaired) electrons. The van der Waals surface area contributed by atoms with Crippen molar-refractivity contribution < 1.29 is 9.50 Å². The molecule has 0 unspecified atom stereocenters. The zero-order valence-electron chi connectivity index (χ0n) is 7.88. The van der Waals surface area contributed by atoms with E-state index in [9.17, 15) is 4.39 Å². The molecule has 2 rings (SSSR count). The van der Waals surface area contributed by atoms with Crippen molar-refractivity contribution in [1.82, 2.24) is 0 Å². The van der Waals surface area contributed by atoms with Gasteiger partial charge in [0.2, 0.25) is 0 Å². The lowest BCUT2D eigenvalue weighted by Crippen LogP contribution is -1.86. The molecule has 0 bridgehead atoms. The van der Waals surface area contributed by atoms with Crippen LogP contribution in [0.3, 0.4) is 0 Å². The number of fused-ring (bicyclic) bond motifs is 1. The number of rotatable bonds is 2. The molecule has 0 aliphatic carbocycles. The highest BCUT2D eigenvalue weighted by Gasteiger charge is 2.08. The highest BCUT2D eigenvalue weighted by Crippen LogP contribution is 2.30. The first-order valence-electron chi connectivity index (χ1n) is 4.57. The van der Waals surface area contributed by atoms with Gasteiger partial charge in [0.25, 0.3) is 0 Å². The molecule has 14 heavy (non-hydrogen) atoms. The van der Waals surface area contributed by atoms with E-state index in [-0.39, 0.29) is 12.4 Å². The van der Waals surface area contributed by atoms with Crippen molar-refractivity contribution >= 4 is 21.4 Å². The quantitative estimate of drug-likeness (QED) is 0.807. The molecular formula is C11H11FOS. The van der Waals surface area contributed by atoms with Crippen LogP contribution < -0.4 is 0 Å². The fourth-order valence-corrected chi connectivity index (χ4v) is 2.58. The Morgan fingerprint density at radius 2 is 2.21 bits per heavy atom. The highest BCUT2D eigenvalue weighted by molar-refractivity contribution is 7.19. The standard InChI is InChI=1S/C11H11FOS/c1-2-8-9-5-7(6-13)14-11(9)4-3-10(8)12/h3-5,13H,2,6H2,1H3. The van der Waals surface area contributed by atoms with E-state index >= 15 is 0 Å². The molecule has 0 saturated carbocycles. The molecule has 1 heterocycles. The molecule has 0 spiro atoms.